The minimum absolute atomic E-state index is 0.236. The van der Waals surface area contributed by atoms with E-state index in [2.05, 4.69) is 20.3 Å². The van der Waals surface area contributed by atoms with Gasteiger partial charge in [-0.1, -0.05) is 6.07 Å². The first-order valence-electron chi connectivity index (χ1n) is 9.09. The van der Waals surface area contributed by atoms with Crippen molar-refractivity contribution in [2.24, 2.45) is 0 Å². The summed E-state index contributed by atoms with van der Waals surface area (Å²) in [5.41, 5.74) is 6.35. The molecule has 29 heavy (non-hydrogen) atoms. The molecule has 0 unspecified atom stereocenters. The molecule has 144 valence electrons. The molecular formula is C23H18F2N4. The van der Waals surface area contributed by atoms with Crippen molar-refractivity contribution in [1.82, 2.24) is 15.0 Å². The lowest BCUT2D eigenvalue weighted by atomic mass is 9.99. The van der Waals surface area contributed by atoms with Crippen molar-refractivity contribution < 1.29 is 8.78 Å². The first-order chi connectivity index (χ1) is 14.1. The number of alkyl halides is 2. The van der Waals surface area contributed by atoms with Crippen LogP contribution >= 0.6 is 0 Å². The summed E-state index contributed by atoms with van der Waals surface area (Å²) in [5, 5.41) is 3.22. The van der Waals surface area contributed by atoms with Crippen LogP contribution in [0.4, 0.5) is 20.2 Å². The van der Waals surface area contributed by atoms with Crippen LogP contribution in [-0.2, 0) is 0 Å². The third-order valence-corrected chi connectivity index (χ3v) is 4.58. The maximum Gasteiger partial charge on any atom is 0.280 e. The zero-order valence-electron chi connectivity index (χ0n) is 15.7. The molecule has 0 aliphatic heterocycles. The monoisotopic (exact) mass is 388 g/mol. The van der Waals surface area contributed by atoms with E-state index in [4.69, 9.17) is 0 Å². The molecule has 6 heteroatoms. The van der Waals surface area contributed by atoms with Crippen LogP contribution < -0.4 is 5.32 Å². The smallest absolute Gasteiger partial charge is 0.280 e. The number of pyridine rings is 3. The second-order valence-corrected chi connectivity index (χ2v) is 6.59. The van der Waals surface area contributed by atoms with Gasteiger partial charge in [0.1, 0.15) is 5.69 Å². The topological polar surface area (TPSA) is 50.7 Å². The van der Waals surface area contributed by atoms with Crippen LogP contribution in [0.25, 0.3) is 22.4 Å². The van der Waals surface area contributed by atoms with Crippen LogP contribution in [0, 0.1) is 6.92 Å². The molecule has 0 aliphatic carbocycles. The fourth-order valence-corrected chi connectivity index (χ4v) is 3.06. The lowest BCUT2D eigenvalue weighted by Crippen LogP contribution is -1.95. The van der Waals surface area contributed by atoms with Crippen molar-refractivity contribution >= 4 is 11.4 Å². The highest BCUT2D eigenvalue weighted by Crippen LogP contribution is 2.30. The van der Waals surface area contributed by atoms with E-state index < -0.39 is 6.43 Å². The first-order valence-corrected chi connectivity index (χ1v) is 9.09. The molecule has 0 spiro atoms. The number of nitrogens with one attached hydrogen (secondary N) is 1. The second kappa shape index (κ2) is 8.14. The Morgan fingerprint density at radius 1 is 0.793 bits per heavy atom. The Morgan fingerprint density at radius 3 is 2.28 bits per heavy atom. The number of hydrogen-bond donors (Lipinski definition) is 1. The van der Waals surface area contributed by atoms with Gasteiger partial charge in [0.25, 0.3) is 6.43 Å². The summed E-state index contributed by atoms with van der Waals surface area (Å²) in [6.07, 6.45) is 4.11. The van der Waals surface area contributed by atoms with Crippen molar-refractivity contribution in [2.45, 2.75) is 13.3 Å². The molecule has 3 heterocycles. The number of rotatable bonds is 5. The number of hydrogen-bond acceptors (Lipinski definition) is 4. The van der Waals surface area contributed by atoms with Crippen LogP contribution in [0.5, 0.6) is 0 Å². The van der Waals surface area contributed by atoms with Gasteiger partial charge in [-0.05, 0) is 72.1 Å². The summed E-state index contributed by atoms with van der Waals surface area (Å²) in [6.45, 7) is 2.05. The molecule has 0 amide bonds. The third-order valence-electron chi connectivity index (χ3n) is 4.58. The predicted molar refractivity (Wildman–Crippen MR) is 110 cm³/mol. The maximum absolute atomic E-state index is 12.7. The van der Waals surface area contributed by atoms with Gasteiger partial charge in [0.15, 0.2) is 0 Å². The molecule has 0 bridgehead atoms. The van der Waals surface area contributed by atoms with E-state index in [0.29, 0.717) is 5.69 Å². The van der Waals surface area contributed by atoms with Gasteiger partial charge in [0, 0.05) is 29.8 Å². The van der Waals surface area contributed by atoms with E-state index in [9.17, 15) is 8.78 Å². The van der Waals surface area contributed by atoms with Gasteiger partial charge in [-0.2, -0.15) is 0 Å². The van der Waals surface area contributed by atoms with Gasteiger partial charge >= 0.3 is 0 Å². The minimum Gasteiger partial charge on any atom is -0.354 e. The Morgan fingerprint density at radius 2 is 1.55 bits per heavy atom. The summed E-state index contributed by atoms with van der Waals surface area (Å²) >= 11 is 0. The summed E-state index contributed by atoms with van der Waals surface area (Å²) in [5.74, 6) is 0. The maximum atomic E-state index is 12.7. The molecule has 1 aromatic carbocycles. The molecule has 0 saturated carbocycles. The van der Waals surface area contributed by atoms with Crippen LogP contribution in [0.15, 0.2) is 79.4 Å². The summed E-state index contributed by atoms with van der Waals surface area (Å²) < 4.78 is 25.3. The third kappa shape index (κ3) is 4.27. The van der Waals surface area contributed by atoms with Crippen LogP contribution in [0.3, 0.4) is 0 Å². The highest BCUT2D eigenvalue weighted by atomic mass is 19.3. The van der Waals surface area contributed by atoms with E-state index in [1.165, 1.54) is 12.3 Å². The first kappa shape index (κ1) is 18.7. The van der Waals surface area contributed by atoms with Gasteiger partial charge in [0.2, 0.25) is 0 Å². The van der Waals surface area contributed by atoms with Gasteiger partial charge in [0.05, 0.1) is 17.6 Å². The number of aromatic nitrogens is 3. The number of anilines is 2. The van der Waals surface area contributed by atoms with Crippen molar-refractivity contribution in [2.75, 3.05) is 5.32 Å². The van der Waals surface area contributed by atoms with Gasteiger partial charge in [-0.3, -0.25) is 15.0 Å². The molecule has 1 N–H and O–H groups in total. The molecule has 4 aromatic rings. The van der Waals surface area contributed by atoms with E-state index in [1.807, 2.05) is 49.4 Å². The van der Waals surface area contributed by atoms with Crippen molar-refractivity contribution in [1.29, 1.82) is 0 Å². The van der Waals surface area contributed by atoms with Crippen LogP contribution in [-0.4, -0.2) is 15.0 Å². The Balaban J connectivity index is 1.64. The fraction of sp³-hybridized carbons (Fsp3) is 0.0870. The number of aryl methyl sites for hydroxylation is 1. The summed E-state index contributed by atoms with van der Waals surface area (Å²) in [6, 6.07) is 16.8. The lowest BCUT2D eigenvalue weighted by molar-refractivity contribution is 0.146. The van der Waals surface area contributed by atoms with Crippen molar-refractivity contribution in [3.05, 3.63) is 90.6 Å². The van der Waals surface area contributed by atoms with Crippen molar-refractivity contribution in [3.63, 3.8) is 0 Å². The molecule has 0 saturated heterocycles. The Kier molecular flexibility index (Phi) is 5.24. The Labute approximate surface area is 167 Å². The molecule has 0 fully saturated rings. The van der Waals surface area contributed by atoms with Gasteiger partial charge < -0.3 is 5.32 Å². The number of nitrogens with zero attached hydrogens (tertiary/aromatic N) is 3. The number of halogens is 2. The normalized spacial score (nSPS) is 10.9. The van der Waals surface area contributed by atoms with E-state index in [1.54, 1.807) is 24.7 Å². The summed E-state index contributed by atoms with van der Waals surface area (Å²) in [4.78, 5) is 12.3. The Bertz CT molecular complexity index is 1110. The zero-order valence-corrected chi connectivity index (χ0v) is 15.7. The zero-order chi connectivity index (χ0) is 20.2. The molecule has 4 rings (SSSR count). The van der Waals surface area contributed by atoms with E-state index >= 15 is 0 Å². The van der Waals surface area contributed by atoms with E-state index in [0.717, 1.165) is 33.6 Å². The molecule has 3 aromatic heterocycles. The molecule has 0 atom stereocenters. The standard InChI is InChI=1S/C23H18F2N4/c1-15-2-3-18(29-19-4-5-21(23(24)25)28-14-19)13-20(15)17-8-11-27-22(12-17)16-6-9-26-10-7-16/h2-14,23,29H,1H3. The van der Waals surface area contributed by atoms with Crippen LogP contribution in [0.1, 0.15) is 17.7 Å². The Hall–Kier alpha value is -3.67. The van der Waals surface area contributed by atoms with E-state index in [-0.39, 0.29) is 5.69 Å². The largest absolute Gasteiger partial charge is 0.354 e. The minimum atomic E-state index is -2.57. The van der Waals surface area contributed by atoms with Gasteiger partial charge in [-0.25, -0.2) is 8.78 Å². The van der Waals surface area contributed by atoms with Gasteiger partial charge in [-0.15, -0.1) is 0 Å². The van der Waals surface area contributed by atoms with Crippen molar-refractivity contribution in [3.8, 4) is 22.4 Å². The highest BCUT2D eigenvalue weighted by molar-refractivity contribution is 5.76. The predicted octanol–water partition coefficient (Wildman–Crippen LogP) is 6.20. The quantitative estimate of drug-likeness (QED) is 0.442. The SMILES string of the molecule is Cc1ccc(Nc2ccc(C(F)F)nc2)cc1-c1ccnc(-c2ccncc2)c1. The average molecular weight is 388 g/mol. The molecular weight excluding hydrogens is 370 g/mol. The molecule has 0 radical (unpaired) electrons. The highest BCUT2D eigenvalue weighted by Gasteiger charge is 2.09. The molecule has 4 nitrogen and oxygen atoms in total. The second-order valence-electron chi connectivity index (χ2n) is 6.59. The number of benzene rings is 1. The fourth-order valence-electron chi connectivity index (χ4n) is 3.06. The lowest BCUT2D eigenvalue weighted by Gasteiger charge is -2.12. The summed E-state index contributed by atoms with van der Waals surface area (Å²) in [7, 11) is 0. The van der Waals surface area contributed by atoms with Crippen LogP contribution in [0.2, 0.25) is 0 Å². The average Bonchev–Trinajstić information content (AvgIpc) is 2.76. The molecule has 0 aliphatic rings.